The molecule has 1 saturated heterocycles. The van der Waals surface area contributed by atoms with Crippen LogP contribution in [-0.2, 0) is 16.0 Å². The summed E-state index contributed by atoms with van der Waals surface area (Å²) in [4.78, 5) is 28.4. The van der Waals surface area contributed by atoms with Gasteiger partial charge in [0.15, 0.2) is 0 Å². The minimum Gasteiger partial charge on any atom is -0.492 e. The Kier molecular flexibility index (Phi) is 9.68. The van der Waals surface area contributed by atoms with E-state index in [1.54, 1.807) is 39.0 Å². The van der Waals surface area contributed by atoms with Crippen LogP contribution in [0.1, 0.15) is 51.7 Å². The van der Waals surface area contributed by atoms with Crippen LogP contribution in [0, 0.1) is 0 Å². The average Bonchev–Trinajstić information content (AvgIpc) is 3.62. The van der Waals surface area contributed by atoms with E-state index in [1.165, 1.54) is 52.0 Å². The van der Waals surface area contributed by atoms with Gasteiger partial charge in [-0.2, -0.15) is 0 Å². The number of ether oxygens (including phenoxy) is 2. The maximum absolute atomic E-state index is 12.7. The molecule has 0 aliphatic carbocycles. The second kappa shape index (κ2) is 13.6. The fraction of sp³-hybridized carbons (Fsp3) is 0.371. The lowest BCUT2D eigenvalue weighted by molar-refractivity contribution is -0.117. The third kappa shape index (κ3) is 8.36. The number of carbonyl (C=O) groups is 2. The van der Waals surface area contributed by atoms with Crippen molar-refractivity contribution in [2.75, 3.05) is 31.6 Å². The van der Waals surface area contributed by atoms with Crippen LogP contribution in [0.4, 0.5) is 10.5 Å². The minimum absolute atomic E-state index is 0.315. The highest BCUT2D eigenvalue weighted by molar-refractivity contribution is 7.22. The van der Waals surface area contributed by atoms with Gasteiger partial charge in [0.1, 0.15) is 24.0 Å². The third-order valence-electron chi connectivity index (χ3n) is 7.42. The molecule has 0 saturated carbocycles. The van der Waals surface area contributed by atoms with Gasteiger partial charge in [-0.1, -0.05) is 42.5 Å². The van der Waals surface area contributed by atoms with Gasteiger partial charge in [0.25, 0.3) is 0 Å². The van der Waals surface area contributed by atoms with Crippen LogP contribution in [0.25, 0.3) is 20.5 Å². The fourth-order valence-electron chi connectivity index (χ4n) is 5.22. The number of rotatable bonds is 10. The molecule has 1 aliphatic rings. The summed E-state index contributed by atoms with van der Waals surface area (Å²) in [5, 5.41) is 6.72. The summed E-state index contributed by atoms with van der Waals surface area (Å²) in [7, 11) is 0. The minimum atomic E-state index is -0.745. The number of nitrogens with zero attached hydrogens (tertiary/aromatic N) is 1. The van der Waals surface area contributed by atoms with Crippen molar-refractivity contribution >= 4 is 39.1 Å². The van der Waals surface area contributed by atoms with Gasteiger partial charge >= 0.3 is 6.09 Å². The van der Waals surface area contributed by atoms with Gasteiger partial charge in [-0.3, -0.25) is 9.69 Å². The number of thiophene rings is 1. The van der Waals surface area contributed by atoms with Gasteiger partial charge < -0.3 is 20.1 Å². The predicted molar refractivity (Wildman–Crippen MR) is 175 cm³/mol. The number of likely N-dealkylation sites (tertiary alicyclic amines) is 1. The van der Waals surface area contributed by atoms with Crippen LogP contribution < -0.4 is 15.4 Å². The first-order chi connectivity index (χ1) is 20.6. The van der Waals surface area contributed by atoms with Crippen LogP contribution in [-0.4, -0.2) is 54.8 Å². The predicted octanol–water partition coefficient (Wildman–Crippen LogP) is 7.49. The largest absolute Gasteiger partial charge is 0.492 e. The van der Waals surface area contributed by atoms with E-state index in [-0.39, 0.29) is 5.91 Å². The summed E-state index contributed by atoms with van der Waals surface area (Å²) in [6, 6.07) is 24.1. The zero-order valence-corrected chi connectivity index (χ0v) is 26.3. The van der Waals surface area contributed by atoms with E-state index in [4.69, 9.17) is 9.47 Å². The SMILES string of the molecule is C[C@H](NC(=O)OC(C)(C)C)C(=O)Nc1ccc(-c2sc3ccccc3c2Cc2ccc(OCCN3CCCC3)cc2)cc1. The molecular formula is C35H41N3O4S. The van der Waals surface area contributed by atoms with Crippen LogP contribution in [0.5, 0.6) is 5.75 Å². The molecule has 5 rings (SSSR count). The maximum atomic E-state index is 12.7. The lowest BCUT2D eigenvalue weighted by Crippen LogP contribution is -2.43. The second-order valence-corrected chi connectivity index (χ2v) is 13.1. The summed E-state index contributed by atoms with van der Waals surface area (Å²) >= 11 is 1.78. The zero-order valence-electron chi connectivity index (χ0n) is 25.4. The van der Waals surface area contributed by atoms with Gasteiger partial charge in [-0.25, -0.2) is 4.79 Å². The molecule has 8 heteroatoms. The number of carbonyl (C=O) groups excluding carboxylic acids is 2. The van der Waals surface area contributed by atoms with Crippen LogP contribution in [0.15, 0.2) is 72.8 Å². The van der Waals surface area contributed by atoms with E-state index >= 15 is 0 Å². The summed E-state index contributed by atoms with van der Waals surface area (Å²) in [5.74, 6) is 0.594. The number of hydrogen-bond donors (Lipinski definition) is 2. The summed E-state index contributed by atoms with van der Waals surface area (Å²) < 4.78 is 12.5. The molecule has 0 radical (unpaired) electrons. The van der Waals surface area contributed by atoms with E-state index in [2.05, 4.69) is 64.1 Å². The lowest BCUT2D eigenvalue weighted by Gasteiger charge is -2.21. The molecule has 0 spiro atoms. The molecule has 0 unspecified atom stereocenters. The van der Waals surface area contributed by atoms with Crippen molar-refractivity contribution < 1.29 is 19.1 Å². The van der Waals surface area contributed by atoms with Gasteiger partial charge in [0.05, 0.1) is 0 Å². The van der Waals surface area contributed by atoms with Gasteiger partial charge in [-0.05, 0) is 112 Å². The van der Waals surface area contributed by atoms with Crippen molar-refractivity contribution in [3.8, 4) is 16.2 Å². The van der Waals surface area contributed by atoms with E-state index in [1.807, 2.05) is 24.3 Å². The van der Waals surface area contributed by atoms with Crippen molar-refractivity contribution in [1.82, 2.24) is 10.2 Å². The van der Waals surface area contributed by atoms with Gasteiger partial charge in [0, 0.05) is 21.8 Å². The van der Waals surface area contributed by atoms with Crippen LogP contribution in [0.2, 0.25) is 0 Å². The molecule has 7 nitrogen and oxygen atoms in total. The van der Waals surface area contributed by atoms with Crippen molar-refractivity contribution in [3.05, 3.63) is 83.9 Å². The molecule has 1 atom stereocenters. The molecule has 1 aliphatic heterocycles. The summed E-state index contributed by atoms with van der Waals surface area (Å²) in [6.07, 6.45) is 2.77. The molecule has 1 aromatic heterocycles. The van der Waals surface area contributed by atoms with E-state index in [9.17, 15) is 9.59 Å². The van der Waals surface area contributed by atoms with Crippen LogP contribution >= 0.6 is 11.3 Å². The number of benzene rings is 3. The van der Waals surface area contributed by atoms with Gasteiger partial charge in [-0.15, -0.1) is 11.3 Å². The highest BCUT2D eigenvalue weighted by atomic mass is 32.1. The Morgan fingerprint density at radius 2 is 1.65 bits per heavy atom. The standard InChI is InChI=1S/C35H41N3O4S/c1-24(36-34(40)42-35(2,3)4)33(39)37-27-15-13-26(14-16-27)32-30(29-9-5-6-10-31(29)43-32)23-25-11-17-28(18-12-25)41-22-21-38-19-7-8-20-38/h5-6,9-18,24H,7-8,19-23H2,1-4H3,(H,36,40)(H,37,39)/t24-/m0/s1. The molecule has 0 bridgehead atoms. The van der Waals surface area contributed by atoms with Crippen molar-refractivity contribution in [2.24, 2.45) is 0 Å². The Morgan fingerprint density at radius 3 is 2.35 bits per heavy atom. The summed E-state index contributed by atoms with van der Waals surface area (Å²) in [6.45, 7) is 11.0. The van der Waals surface area contributed by atoms with Crippen LogP contribution in [0.3, 0.4) is 0 Å². The highest BCUT2D eigenvalue weighted by Crippen LogP contribution is 2.40. The average molecular weight is 600 g/mol. The Morgan fingerprint density at radius 1 is 0.953 bits per heavy atom. The first kappa shape index (κ1) is 30.6. The van der Waals surface area contributed by atoms with Crippen molar-refractivity contribution in [2.45, 2.75) is 58.6 Å². The molecule has 2 N–H and O–H groups in total. The first-order valence-corrected chi connectivity index (χ1v) is 15.8. The topological polar surface area (TPSA) is 79.9 Å². The molecule has 2 amide bonds. The number of anilines is 1. The number of fused-ring (bicyclic) bond motifs is 1. The normalized spacial score (nSPS) is 14.4. The molecular weight excluding hydrogens is 558 g/mol. The molecule has 43 heavy (non-hydrogen) atoms. The molecule has 1 fully saturated rings. The molecule has 4 aromatic rings. The third-order valence-corrected chi connectivity index (χ3v) is 8.68. The highest BCUT2D eigenvalue weighted by Gasteiger charge is 2.21. The second-order valence-electron chi connectivity index (χ2n) is 12.1. The number of alkyl carbamates (subject to hydrolysis) is 1. The quantitative estimate of drug-likeness (QED) is 0.198. The number of amides is 2. The van der Waals surface area contributed by atoms with E-state index in [0.717, 1.165) is 24.3 Å². The molecule has 2 heterocycles. The Bertz CT molecular complexity index is 1530. The summed E-state index contributed by atoms with van der Waals surface area (Å²) in [5.41, 5.74) is 3.64. The maximum Gasteiger partial charge on any atom is 0.408 e. The Labute approximate surface area is 258 Å². The number of nitrogens with one attached hydrogen (secondary N) is 2. The zero-order chi connectivity index (χ0) is 30.4. The Hall–Kier alpha value is -3.88. The number of hydrogen-bond acceptors (Lipinski definition) is 6. The fourth-order valence-corrected chi connectivity index (χ4v) is 6.45. The Balaban J connectivity index is 1.25. The van der Waals surface area contributed by atoms with Crippen molar-refractivity contribution in [1.29, 1.82) is 0 Å². The lowest BCUT2D eigenvalue weighted by atomic mass is 9.99. The molecule has 226 valence electrons. The monoisotopic (exact) mass is 599 g/mol. The van der Waals surface area contributed by atoms with E-state index in [0.29, 0.717) is 12.3 Å². The molecule has 3 aromatic carbocycles. The first-order valence-electron chi connectivity index (χ1n) is 15.0. The van der Waals surface area contributed by atoms with Crippen molar-refractivity contribution in [3.63, 3.8) is 0 Å². The smallest absolute Gasteiger partial charge is 0.408 e. The van der Waals surface area contributed by atoms with Gasteiger partial charge in [0.2, 0.25) is 5.91 Å². The van der Waals surface area contributed by atoms with E-state index < -0.39 is 17.7 Å².